The number of benzene rings is 1. The van der Waals surface area contributed by atoms with Gasteiger partial charge in [-0.15, -0.1) is 11.8 Å². The molecular weight excluding hydrogens is 346 g/mol. The minimum Gasteiger partial charge on any atom is -0.370 e. The predicted molar refractivity (Wildman–Crippen MR) is 93.9 cm³/mol. The van der Waals surface area contributed by atoms with Crippen molar-refractivity contribution in [3.8, 4) is 0 Å². The number of nitrogens with one attached hydrogen (secondary N) is 1. The highest BCUT2D eigenvalue weighted by Gasteiger charge is 2.06. The minimum atomic E-state index is 0.775. The molecule has 1 heterocycles. The zero-order chi connectivity index (χ0) is 15.1. The lowest BCUT2D eigenvalue weighted by molar-refractivity contribution is 0.916. The van der Waals surface area contributed by atoms with Gasteiger partial charge in [0.15, 0.2) is 0 Å². The van der Waals surface area contributed by atoms with E-state index in [1.165, 1.54) is 4.90 Å². The summed E-state index contributed by atoms with van der Waals surface area (Å²) >= 11 is 5.32. The number of thioether (sulfide) groups is 1. The summed E-state index contributed by atoms with van der Waals surface area (Å²) in [4.78, 5) is 10.4. The summed E-state index contributed by atoms with van der Waals surface area (Å²) in [6.07, 6.45) is 2.02. The normalized spacial score (nSPS) is 10.6. The molecule has 0 fully saturated rings. The lowest BCUT2D eigenvalue weighted by Crippen LogP contribution is -2.06. The van der Waals surface area contributed by atoms with Crippen molar-refractivity contribution >= 4 is 33.5 Å². The van der Waals surface area contributed by atoms with Crippen molar-refractivity contribution in [2.75, 3.05) is 11.9 Å². The first-order chi connectivity index (χ1) is 10.2. The SMILES string of the molecule is CCCNc1cc(CC)nc(CSc2ccccc2Br)n1. The van der Waals surface area contributed by atoms with Gasteiger partial charge < -0.3 is 5.32 Å². The summed E-state index contributed by atoms with van der Waals surface area (Å²) in [5, 5.41) is 3.35. The van der Waals surface area contributed by atoms with Gasteiger partial charge in [-0.3, -0.25) is 0 Å². The van der Waals surface area contributed by atoms with Crippen molar-refractivity contribution < 1.29 is 0 Å². The van der Waals surface area contributed by atoms with Crippen LogP contribution in [0.3, 0.4) is 0 Å². The van der Waals surface area contributed by atoms with E-state index in [2.05, 4.69) is 57.2 Å². The van der Waals surface area contributed by atoms with Crippen LogP contribution in [0.1, 0.15) is 31.8 Å². The second-order valence-electron chi connectivity index (χ2n) is 4.66. The molecule has 0 aliphatic carbocycles. The molecule has 5 heteroatoms. The number of nitrogens with zero attached hydrogens (tertiary/aromatic N) is 2. The molecular formula is C16H20BrN3S. The highest BCUT2D eigenvalue weighted by atomic mass is 79.9. The molecule has 1 N–H and O–H groups in total. The Morgan fingerprint density at radius 2 is 2.00 bits per heavy atom. The van der Waals surface area contributed by atoms with E-state index in [4.69, 9.17) is 0 Å². The number of aryl methyl sites for hydroxylation is 1. The Labute approximate surface area is 139 Å². The van der Waals surface area contributed by atoms with Gasteiger partial charge in [-0.2, -0.15) is 0 Å². The number of anilines is 1. The average molecular weight is 366 g/mol. The average Bonchev–Trinajstić information content (AvgIpc) is 2.52. The second-order valence-corrected chi connectivity index (χ2v) is 6.53. The van der Waals surface area contributed by atoms with Crippen LogP contribution in [0.4, 0.5) is 5.82 Å². The van der Waals surface area contributed by atoms with Crippen molar-refractivity contribution in [2.24, 2.45) is 0 Å². The maximum atomic E-state index is 4.62. The lowest BCUT2D eigenvalue weighted by atomic mass is 10.3. The van der Waals surface area contributed by atoms with Crippen molar-refractivity contribution in [3.05, 3.63) is 46.3 Å². The van der Waals surface area contributed by atoms with Crippen LogP contribution >= 0.6 is 27.7 Å². The van der Waals surface area contributed by atoms with Crippen molar-refractivity contribution in [2.45, 2.75) is 37.3 Å². The predicted octanol–water partition coefficient (Wildman–Crippen LogP) is 4.92. The van der Waals surface area contributed by atoms with E-state index in [1.807, 2.05) is 18.2 Å². The maximum absolute atomic E-state index is 4.62. The van der Waals surface area contributed by atoms with Gasteiger partial charge in [-0.25, -0.2) is 9.97 Å². The van der Waals surface area contributed by atoms with Gasteiger partial charge in [-0.05, 0) is 40.9 Å². The minimum absolute atomic E-state index is 0.775. The van der Waals surface area contributed by atoms with Crippen LogP contribution in [0.5, 0.6) is 0 Å². The Kier molecular flexibility index (Phi) is 6.51. The van der Waals surface area contributed by atoms with Gasteiger partial charge in [0.2, 0.25) is 0 Å². The molecule has 1 aromatic carbocycles. The molecule has 0 bridgehead atoms. The lowest BCUT2D eigenvalue weighted by Gasteiger charge is -2.09. The number of rotatable bonds is 7. The number of aromatic nitrogens is 2. The molecule has 0 unspecified atom stereocenters. The highest BCUT2D eigenvalue weighted by Crippen LogP contribution is 2.29. The molecule has 0 saturated heterocycles. The van der Waals surface area contributed by atoms with Gasteiger partial charge in [-0.1, -0.05) is 26.0 Å². The van der Waals surface area contributed by atoms with Gasteiger partial charge in [0.1, 0.15) is 11.6 Å². The summed E-state index contributed by atoms with van der Waals surface area (Å²) < 4.78 is 1.12. The quantitative estimate of drug-likeness (QED) is 0.706. The molecule has 21 heavy (non-hydrogen) atoms. The standard InChI is InChI=1S/C16H20BrN3S/c1-3-9-18-15-10-12(4-2)19-16(20-15)11-21-14-8-6-5-7-13(14)17/h5-8,10H,3-4,9,11H2,1-2H3,(H,18,19,20). The molecule has 3 nitrogen and oxygen atoms in total. The van der Waals surface area contributed by atoms with E-state index in [-0.39, 0.29) is 0 Å². The van der Waals surface area contributed by atoms with E-state index in [9.17, 15) is 0 Å². The van der Waals surface area contributed by atoms with E-state index in [1.54, 1.807) is 11.8 Å². The third-order valence-corrected chi connectivity index (χ3v) is 4.96. The fourth-order valence-electron chi connectivity index (χ4n) is 1.85. The molecule has 2 aromatic rings. The highest BCUT2D eigenvalue weighted by molar-refractivity contribution is 9.10. The van der Waals surface area contributed by atoms with Gasteiger partial charge in [0, 0.05) is 27.7 Å². The molecule has 0 saturated carbocycles. The first-order valence-corrected chi connectivity index (χ1v) is 8.98. The monoisotopic (exact) mass is 365 g/mol. The van der Waals surface area contributed by atoms with Crippen molar-refractivity contribution in [1.29, 1.82) is 0 Å². The van der Waals surface area contributed by atoms with Crippen LogP contribution in [0.15, 0.2) is 39.7 Å². The molecule has 0 aliphatic heterocycles. The van der Waals surface area contributed by atoms with E-state index in [0.717, 1.165) is 46.9 Å². The maximum Gasteiger partial charge on any atom is 0.141 e. The summed E-state index contributed by atoms with van der Waals surface area (Å²) in [5.74, 6) is 2.59. The summed E-state index contributed by atoms with van der Waals surface area (Å²) in [6, 6.07) is 10.3. The van der Waals surface area contributed by atoms with Gasteiger partial charge in [0.05, 0.1) is 5.75 Å². The van der Waals surface area contributed by atoms with Crippen molar-refractivity contribution in [1.82, 2.24) is 9.97 Å². The molecule has 0 aliphatic rings. The first kappa shape index (κ1) is 16.3. The molecule has 0 amide bonds. The van der Waals surface area contributed by atoms with Crippen LogP contribution in [-0.2, 0) is 12.2 Å². The van der Waals surface area contributed by atoms with Crippen LogP contribution in [-0.4, -0.2) is 16.5 Å². The largest absolute Gasteiger partial charge is 0.370 e. The zero-order valence-corrected chi connectivity index (χ0v) is 14.8. The Hall–Kier alpha value is -1.07. The Morgan fingerprint density at radius 1 is 1.19 bits per heavy atom. The molecule has 0 radical (unpaired) electrons. The smallest absolute Gasteiger partial charge is 0.141 e. The second kappa shape index (κ2) is 8.39. The van der Waals surface area contributed by atoms with Gasteiger partial charge in [0.25, 0.3) is 0 Å². The topological polar surface area (TPSA) is 37.8 Å². The van der Waals surface area contributed by atoms with Crippen molar-refractivity contribution in [3.63, 3.8) is 0 Å². The number of halogens is 1. The number of hydrogen-bond donors (Lipinski definition) is 1. The Morgan fingerprint density at radius 3 is 2.71 bits per heavy atom. The van der Waals surface area contributed by atoms with Gasteiger partial charge >= 0.3 is 0 Å². The van der Waals surface area contributed by atoms with Crippen LogP contribution in [0, 0.1) is 0 Å². The number of hydrogen-bond acceptors (Lipinski definition) is 4. The van der Waals surface area contributed by atoms with Crippen LogP contribution in [0.2, 0.25) is 0 Å². The Balaban J connectivity index is 2.09. The molecule has 0 atom stereocenters. The Bertz CT molecular complexity index is 589. The van der Waals surface area contributed by atoms with Crippen LogP contribution < -0.4 is 5.32 Å². The summed E-state index contributed by atoms with van der Waals surface area (Å²) in [7, 11) is 0. The third-order valence-electron chi connectivity index (χ3n) is 2.94. The molecule has 1 aromatic heterocycles. The first-order valence-electron chi connectivity index (χ1n) is 7.21. The van der Waals surface area contributed by atoms with Crippen LogP contribution in [0.25, 0.3) is 0 Å². The zero-order valence-electron chi connectivity index (χ0n) is 12.4. The summed E-state index contributed by atoms with van der Waals surface area (Å²) in [6.45, 7) is 5.21. The third kappa shape index (κ3) is 5.00. The molecule has 112 valence electrons. The van der Waals surface area contributed by atoms with E-state index < -0.39 is 0 Å². The van der Waals surface area contributed by atoms with E-state index >= 15 is 0 Å². The van der Waals surface area contributed by atoms with E-state index in [0.29, 0.717) is 0 Å². The molecule has 0 spiro atoms. The fraction of sp³-hybridized carbons (Fsp3) is 0.375. The molecule has 2 rings (SSSR count). The fourth-order valence-corrected chi connectivity index (χ4v) is 3.27. The summed E-state index contributed by atoms with van der Waals surface area (Å²) in [5.41, 5.74) is 1.09.